The molecule has 8 heteroatoms. The van der Waals surface area contributed by atoms with Crippen molar-refractivity contribution in [1.82, 2.24) is 0 Å². The van der Waals surface area contributed by atoms with Crippen molar-refractivity contribution in [3.05, 3.63) is 97.2 Å². The Labute approximate surface area is 210 Å². The lowest BCUT2D eigenvalue weighted by Gasteiger charge is -2.33. The summed E-state index contributed by atoms with van der Waals surface area (Å²) in [5.74, 6) is -5.06. The van der Waals surface area contributed by atoms with E-state index in [2.05, 4.69) is 99.5 Å². The SMILES string of the molecule is C=NC(=O)C1C(=C)C(=C)C(=C)C(C(=O)N=C)C1=C.C=NC(=O)C1C(=C)C(=C)C(C(=O)N=C)C(=C)C1=C. The summed E-state index contributed by atoms with van der Waals surface area (Å²) >= 11 is 0. The minimum Gasteiger partial charge on any atom is -0.272 e. The van der Waals surface area contributed by atoms with Crippen LogP contribution in [0.5, 0.6) is 0 Å². The molecule has 2 unspecified atom stereocenters. The first-order chi connectivity index (χ1) is 16.7. The summed E-state index contributed by atoms with van der Waals surface area (Å²) in [6.45, 7) is 42.9. The molecule has 2 atom stereocenters. The van der Waals surface area contributed by atoms with E-state index in [0.717, 1.165) is 0 Å². The number of allylic oxidation sites excluding steroid dienone is 1. The van der Waals surface area contributed by atoms with Gasteiger partial charge in [0.05, 0.1) is 23.7 Å². The fourth-order valence-corrected chi connectivity index (χ4v) is 3.91. The second kappa shape index (κ2) is 11.6. The Balaban J connectivity index is 0.000000360. The summed E-state index contributed by atoms with van der Waals surface area (Å²) in [4.78, 5) is 60.2. The average molecular weight is 485 g/mol. The molecule has 184 valence electrons. The van der Waals surface area contributed by atoms with Crippen molar-refractivity contribution in [2.75, 3.05) is 0 Å². The molecule has 0 aromatic rings. The second-order valence-corrected chi connectivity index (χ2v) is 7.92. The monoisotopic (exact) mass is 484 g/mol. The second-order valence-electron chi connectivity index (χ2n) is 7.92. The average Bonchev–Trinajstić information content (AvgIpc) is 2.86. The van der Waals surface area contributed by atoms with Crippen molar-refractivity contribution in [1.29, 1.82) is 0 Å². The molecule has 0 aliphatic heterocycles. The molecule has 0 spiro atoms. The highest BCUT2D eigenvalue weighted by Gasteiger charge is 2.41. The highest BCUT2D eigenvalue weighted by Crippen LogP contribution is 2.44. The minimum absolute atomic E-state index is 0.340. The molecule has 2 fully saturated rings. The molecule has 0 N–H and O–H groups in total. The quantitative estimate of drug-likeness (QED) is 0.445. The fraction of sp³-hybridized carbons (Fsp3) is 0.143. The Morgan fingerprint density at radius 2 is 0.639 bits per heavy atom. The summed E-state index contributed by atoms with van der Waals surface area (Å²) in [7, 11) is 0. The van der Waals surface area contributed by atoms with Crippen molar-refractivity contribution >= 4 is 50.5 Å². The maximum Gasteiger partial charge on any atom is 0.257 e. The van der Waals surface area contributed by atoms with Crippen LogP contribution >= 0.6 is 0 Å². The van der Waals surface area contributed by atoms with Gasteiger partial charge in [0.15, 0.2) is 0 Å². The number of rotatable bonds is 4. The standard InChI is InChI=1S/2C14H14N2O2/c1-7-8(2)12(14(18)16-6)10(4)9(3)11(7)13(17)15-5;1-7-8(2)11(13(17)15-5)10(4)12(9(7)3)14(18)16-6/h2*11-12H,1-6H2. The molecular formula is C28H28N4O4. The molecule has 2 saturated carbocycles. The number of nitrogens with zero attached hydrogens (tertiary/aromatic N) is 4. The normalized spacial score (nSPS) is 23.8. The van der Waals surface area contributed by atoms with Crippen molar-refractivity contribution in [2.45, 2.75) is 0 Å². The zero-order valence-electron chi connectivity index (χ0n) is 20.2. The van der Waals surface area contributed by atoms with Crippen LogP contribution in [0.4, 0.5) is 0 Å². The summed E-state index contributed by atoms with van der Waals surface area (Å²) in [6.07, 6.45) is 0. The predicted octanol–water partition coefficient (Wildman–Crippen LogP) is 3.82. The van der Waals surface area contributed by atoms with Gasteiger partial charge in [0.2, 0.25) is 0 Å². The van der Waals surface area contributed by atoms with Gasteiger partial charge in [-0.2, -0.15) is 0 Å². The van der Waals surface area contributed by atoms with E-state index in [1.165, 1.54) is 0 Å². The van der Waals surface area contributed by atoms with Gasteiger partial charge in [-0.25, -0.2) is 20.0 Å². The number of aliphatic imine (C=N–C) groups is 4. The third kappa shape index (κ3) is 5.17. The Morgan fingerprint density at radius 1 is 0.417 bits per heavy atom. The summed E-state index contributed by atoms with van der Waals surface area (Å²) in [5, 5.41) is 0. The Morgan fingerprint density at radius 3 is 0.861 bits per heavy atom. The molecule has 0 radical (unpaired) electrons. The molecule has 0 saturated heterocycles. The van der Waals surface area contributed by atoms with Crippen LogP contribution in [0.15, 0.2) is 117 Å². The van der Waals surface area contributed by atoms with Crippen molar-refractivity contribution < 1.29 is 19.2 Å². The van der Waals surface area contributed by atoms with Crippen LogP contribution < -0.4 is 0 Å². The van der Waals surface area contributed by atoms with Crippen LogP contribution in [0.25, 0.3) is 0 Å². The highest BCUT2D eigenvalue weighted by molar-refractivity contribution is 5.97. The molecule has 8 nitrogen and oxygen atoms in total. The molecule has 36 heavy (non-hydrogen) atoms. The Bertz CT molecular complexity index is 1120. The van der Waals surface area contributed by atoms with Gasteiger partial charge in [0, 0.05) is 0 Å². The number of amides is 4. The number of carbonyl (C=O) groups excluding carboxylic acids is 4. The first-order valence-electron chi connectivity index (χ1n) is 10.3. The smallest absolute Gasteiger partial charge is 0.257 e. The molecule has 0 aromatic carbocycles. The summed E-state index contributed by atoms with van der Waals surface area (Å²) in [6, 6.07) is 0. The molecule has 2 aliphatic rings. The van der Waals surface area contributed by atoms with Crippen LogP contribution in [-0.2, 0) is 19.2 Å². The van der Waals surface area contributed by atoms with Gasteiger partial charge in [-0.15, -0.1) is 0 Å². The third-order valence-electron chi connectivity index (χ3n) is 6.04. The van der Waals surface area contributed by atoms with E-state index < -0.39 is 47.3 Å². The van der Waals surface area contributed by atoms with Gasteiger partial charge < -0.3 is 0 Å². The van der Waals surface area contributed by atoms with Gasteiger partial charge in [-0.3, -0.25) is 19.2 Å². The van der Waals surface area contributed by atoms with E-state index in [1.807, 2.05) is 0 Å². The van der Waals surface area contributed by atoms with Gasteiger partial charge in [-0.05, 0) is 71.5 Å². The maximum absolute atomic E-state index is 11.7. The maximum atomic E-state index is 11.7. The van der Waals surface area contributed by atoms with Crippen LogP contribution in [0.2, 0.25) is 0 Å². The van der Waals surface area contributed by atoms with Crippen LogP contribution in [0, 0.1) is 23.7 Å². The molecule has 0 heterocycles. The number of hydrogen-bond donors (Lipinski definition) is 0. The van der Waals surface area contributed by atoms with Gasteiger partial charge >= 0.3 is 0 Å². The minimum atomic E-state index is -0.795. The number of hydrogen-bond acceptors (Lipinski definition) is 4. The van der Waals surface area contributed by atoms with E-state index in [4.69, 9.17) is 0 Å². The highest BCUT2D eigenvalue weighted by atomic mass is 16.2. The lowest BCUT2D eigenvalue weighted by Crippen LogP contribution is -2.32. The van der Waals surface area contributed by atoms with E-state index >= 15 is 0 Å². The lowest BCUT2D eigenvalue weighted by molar-refractivity contribution is -0.121. The van der Waals surface area contributed by atoms with Crippen molar-refractivity contribution in [3.63, 3.8) is 0 Å². The Kier molecular flexibility index (Phi) is 9.46. The van der Waals surface area contributed by atoms with Gasteiger partial charge in [0.1, 0.15) is 0 Å². The van der Waals surface area contributed by atoms with Crippen molar-refractivity contribution in [2.24, 2.45) is 43.6 Å². The lowest BCUT2D eigenvalue weighted by atomic mass is 9.69. The largest absolute Gasteiger partial charge is 0.272 e. The molecule has 0 bridgehead atoms. The zero-order chi connectivity index (χ0) is 28.1. The fourth-order valence-electron chi connectivity index (χ4n) is 3.91. The topological polar surface area (TPSA) is 118 Å². The molecular weight excluding hydrogens is 456 g/mol. The molecule has 0 aromatic heterocycles. The van der Waals surface area contributed by atoms with E-state index in [-0.39, 0.29) is 0 Å². The molecule has 2 aliphatic carbocycles. The van der Waals surface area contributed by atoms with E-state index in [0.29, 0.717) is 44.6 Å². The van der Waals surface area contributed by atoms with E-state index in [9.17, 15) is 19.2 Å². The number of carbonyl (C=O) groups is 4. The summed E-state index contributed by atoms with van der Waals surface area (Å²) in [5.41, 5.74) is 3.25. The van der Waals surface area contributed by atoms with Crippen molar-refractivity contribution in [3.8, 4) is 0 Å². The van der Waals surface area contributed by atoms with Gasteiger partial charge in [-0.1, -0.05) is 52.6 Å². The summed E-state index contributed by atoms with van der Waals surface area (Å²) < 4.78 is 0. The zero-order valence-corrected chi connectivity index (χ0v) is 20.2. The van der Waals surface area contributed by atoms with Gasteiger partial charge in [0.25, 0.3) is 23.6 Å². The van der Waals surface area contributed by atoms with Crippen LogP contribution in [0.3, 0.4) is 0 Å². The van der Waals surface area contributed by atoms with E-state index in [1.54, 1.807) is 0 Å². The van der Waals surface area contributed by atoms with Crippen LogP contribution in [-0.4, -0.2) is 50.5 Å². The molecule has 2 rings (SSSR count). The first kappa shape index (κ1) is 29.3. The van der Waals surface area contributed by atoms with Crippen LogP contribution in [0.1, 0.15) is 0 Å². The first-order valence-corrected chi connectivity index (χ1v) is 10.3. The molecule has 4 amide bonds. The predicted molar refractivity (Wildman–Crippen MR) is 145 cm³/mol. The Hall–Kier alpha value is -4.72. The third-order valence-corrected chi connectivity index (χ3v) is 6.04.